The molecule has 0 unspecified atom stereocenters. The van der Waals surface area contributed by atoms with Crippen molar-refractivity contribution in [1.82, 2.24) is 5.32 Å². The van der Waals surface area contributed by atoms with E-state index in [-0.39, 0.29) is 0 Å². The maximum atomic E-state index is 4.06. The third-order valence-electron chi connectivity index (χ3n) is 0.923. The van der Waals surface area contributed by atoms with Gasteiger partial charge in [0.05, 0.1) is 6.34 Å². The largest absolute Gasteiger partial charge is 0.376 e. The molecule has 0 aliphatic carbocycles. The molecule has 0 spiro atoms. The lowest BCUT2D eigenvalue weighted by atomic mass is 10.4. The van der Waals surface area contributed by atoms with Gasteiger partial charge in [-0.15, -0.1) is 0 Å². The molecular formula is C8H14N2. The van der Waals surface area contributed by atoms with Crippen LogP contribution < -0.4 is 5.32 Å². The molecule has 10 heavy (non-hydrogen) atoms. The van der Waals surface area contributed by atoms with E-state index >= 15 is 0 Å². The zero-order valence-electron chi connectivity index (χ0n) is 6.59. The first-order valence-electron chi connectivity index (χ1n) is 3.36. The molecule has 0 aromatic heterocycles. The molecular weight excluding hydrogens is 124 g/mol. The third kappa shape index (κ3) is 5.09. The summed E-state index contributed by atoms with van der Waals surface area (Å²) in [6.45, 7) is 8.42. The molecule has 56 valence electrons. The van der Waals surface area contributed by atoms with E-state index in [1.54, 1.807) is 12.4 Å². The minimum Gasteiger partial charge on any atom is -0.376 e. The highest BCUT2D eigenvalue weighted by Gasteiger charge is 1.75. The summed E-state index contributed by atoms with van der Waals surface area (Å²) < 4.78 is 0. The van der Waals surface area contributed by atoms with Crippen molar-refractivity contribution in [3.8, 4) is 0 Å². The van der Waals surface area contributed by atoms with E-state index in [0.717, 1.165) is 12.2 Å². The molecule has 0 radical (unpaired) electrons. The van der Waals surface area contributed by atoms with Crippen molar-refractivity contribution >= 4 is 6.34 Å². The number of nitrogens with one attached hydrogen (secondary N) is 1. The molecule has 0 atom stereocenters. The highest BCUT2D eigenvalue weighted by Crippen LogP contribution is 1.90. The molecule has 0 aromatic carbocycles. The normalized spacial score (nSPS) is 12.0. The van der Waals surface area contributed by atoms with E-state index in [9.17, 15) is 0 Å². The fourth-order valence-corrected chi connectivity index (χ4v) is 0.452. The molecule has 0 fully saturated rings. The minimum atomic E-state index is 0.908. The molecule has 0 bridgehead atoms. The summed E-state index contributed by atoms with van der Waals surface area (Å²) in [6, 6.07) is 0. The zero-order valence-corrected chi connectivity index (χ0v) is 6.59. The summed E-state index contributed by atoms with van der Waals surface area (Å²) >= 11 is 0. The maximum absolute atomic E-state index is 4.06. The molecule has 0 rings (SSSR count). The van der Waals surface area contributed by atoms with Gasteiger partial charge in [-0.2, -0.15) is 0 Å². The average Bonchev–Trinajstić information content (AvgIpc) is 1.89. The number of nitrogens with zero attached hydrogens (tertiary/aromatic N) is 1. The standard InChI is InChI=1S/C8H14N2/c1-4-6-8(3)10-7-9-5-2/h4,6-7H,1,5H2,2-3H3,(H,9,10)/b8-6+. The highest BCUT2D eigenvalue weighted by molar-refractivity contribution is 5.55. The Morgan fingerprint density at radius 3 is 2.90 bits per heavy atom. The van der Waals surface area contributed by atoms with Crippen molar-refractivity contribution in [3.63, 3.8) is 0 Å². The first-order valence-corrected chi connectivity index (χ1v) is 3.36. The zero-order chi connectivity index (χ0) is 7.82. The summed E-state index contributed by atoms with van der Waals surface area (Å²) in [6.07, 6.45) is 5.27. The second kappa shape index (κ2) is 6.08. The van der Waals surface area contributed by atoms with Gasteiger partial charge in [0.1, 0.15) is 0 Å². The van der Waals surface area contributed by atoms with Gasteiger partial charge >= 0.3 is 0 Å². The SMILES string of the molecule is C=C/C=C(C)/N=C\NCC. The lowest BCUT2D eigenvalue weighted by Crippen LogP contribution is -2.08. The van der Waals surface area contributed by atoms with Crippen molar-refractivity contribution < 1.29 is 0 Å². The van der Waals surface area contributed by atoms with Gasteiger partial charge in [-0.3, -0.25) is 0 Å². The van der Waals surface area contributed by atoms with Crippen molar-refractivity contribution in [1.29, 1.82) is 0 Å². The predicted molar refractivity (Wildman–Crippen MR) is 46.1 cm³/mol. The van der Waals surface area contributed by atoms with Gasteiger partial charge in [-0.25, -0.2) is 4.99 Å². The van der Waals surface area contributed by atoms with Crippen LogP contribution in [0.1, 0.15) is 13.8 Å². The molecule has 0 amide bonds. The topological polar surface area (TPSA) is 24.4 Å². The summed E-state index contributed by atoms with van der Waals surface area (Å²) in [5.41, 5.74) is 0.955. The maximum Gasteiger partial charge on any atom is 0.0882 e. The van der Waals surface area contributed by atoms with Crippen LogP contribution >= 0.6 is 0 Å². The minimum absolute atomic E-state index is 0.908. The summed E-state index contributed by atoms with van der Waals surface area (Å²) in [5, 5.41) is 2.97. The Kier molecular flexibility index (Phi) is 5.44. The van der Waals surface area contributed by atoms with Crippen LogP contribution in [0.3, 0.4) is 0 Å². The Bertz CT molecular complexity index is 145. The second-order valence-electron chi connectivity index (χ2n) is 1.86. The van der Waals surface area contributed by atoms with Crippen LogP contribution in [-0.4, -0.2) is 12.9 Å². The molecule has 0 aromatic rings. The monoisotopic (exact) mass is 138 g/mol. The molecule has 0 saturated heterocycles. The Morgan fingerprint density at radius 2 is 2.40 bits per heavy atom. The Morgan fingerprint density at radius 1 is 1.70 bits per heavy atom. The summed E-state index contributed by atoms with van der Waals surface area (Å²) in [4.78, 5) is 4.06. The Labute approximate surface area is 62.4 Å². The molecule has 2 heteroatoms. The van der Waals surface area contributed by atoms with E-state index in [1.165, 1.54) is 0 Å². The number of allylic oxidation sites excluding steroid dienone is 3. The van der Waals surface area contributed by atoms with Crippen LogP contribution in [0.2, 0.25) is 0 Å². The van der Waals surface area contributed by atoms with E-state index in [1.807, 2.05) is 19.9 Å². The smallest absolute Gasteiger partial charge is 0.0882 e. The number of aliphatic imine (C=N–C) groups is 1. The van der Waals surface area contributed by atoms with Crippen LogP contribution in [0, 0.1) is 0 Å². The van der Waals surface area contributed by atoms with Gasteiger partial charge in [-0.1, -0.05) is 12.7 Å². The van der Waals surface area contributed by atoms with Crippen molar-refractivity contribution in [2.45, 2.75) is 13.8 Å². The van der Waals surface area contributed by atoms with Gasteiger partial charge < -0.3 is 5.32 Å². The highest BCUT2D eigenvalue weighted by atomic mass is 14.9. The Hall–Kier alpha value is -1.05. The lowest BCUT2D eigenvalue weighted by Gasteiger charge is -1.90. The molecule has 0 saturated carbocycles. The fourth-order valence-electron chi connectivity index (χ4n) is 0.452. The molecule has 2 nitrogen and oxygen atoms in total. The summed E-state index contributed by atoms with van der Waals surface area (Å²) in [5.74, 6) is 0. The van der Waals surface area contributed by atoms with Crippen LogP contribution in [0.5, 0.6) is 0 Å². The van der Waals surface area contributed by atoms with Crippen LogP contribution in [-0.2, 0) is 0 Å². The van der Waals surface area contributed by atoms with Crippen molar-refractivity contribution in [2.75, 3.05) is 6.54 Å². The van der Waals surface area contributed by atoms with Gasteiger partial charge in [-0.05, 0) is 19.9 Å². The van der Waals surface area contributed by atoms with E-state index in [4.69, 9.17) is 0 Å². The third-order valence-corrected chi connectivity index (χ3v) is 0.923. The van der Waals surface area contributed by atoms with Crippen LogP contribution in [0.25, 0.3) is 0 Å². The number of hydrogen-bond acceptors (Lipinski definition) is 1. The average molecular weight is 138 g/mol. The summed E-state index contributed by atoms with van der Waals surface area (Å²) in [7, 11) is 0. The quantitative estimate of drug-likeness (QED) is 0.357. The Balaban J connectivity index is 3.65. The van der Waals surface area contributed by atoms with E-state index in [0.29, 0.717) is 0 Å². The van der Waals surface area contributed by atoms with Gasteiger partial charge in [0, 0.05) is 12.2 Å². The fraction of sp³-hybridized carbons (Fsp3) is 0.375. The second-order valence-corrected chi connectivity index (χ2v) is 1.86. The van der Waals surface area contributed by atoms with Crippen LogP contribution in [0.15, 0.2) is 29.4 Å². The number of hydrogen-bond donors (Lipinski definition) is 1. The van der Waals surface area contributed by atoms with Gasteiger partial charge in [0.15, 0.2) is 0 Å². The van der Waals surface area contributed by atoms with Crippen molar-refractivity contribution in [2.24, 2.45) is 4.99 Å². The van der Waals surface area contributed by atoms with Crippen LogP contribution in [0.4, 0.5) is 0 Å². The van der Waals surface area contributed by atoms with Gasteiger partial charge in [0.2, 0.25) is 0 Å². The first kappa shape index (κ1) is 8.95. The van der Waals surface area contributed by atoms with Gasteiger partial charge in [0.25, 0.3) is 0 Å². The first-order chi connectivity index (χ1) is 4.81. The van der Waals surface area contributed by atoms with Crippen molar-refractivity contribution in [3.05, 3.63) is 24.4 Å². The molecule has 1 N–H and O–H groups in total. The van der Waals surface area contributed by atoms with E-state index < -0.39 is 0 Å². The van der Waals surface area contributed by atoms with E-state index in [2.05, 4.69) is 16.9 Å². The molecule has 0 aliphatic heterocycles. The number of rotatable bonds is 4. The molecule has 0 heterocycles. The molecule has 0 aliphatic rings. The predicted octanol–water partition coefficient (Wildman–Crippen LogP) is 1.71. The lowest BCUT2D eigenvalue weighted by molar-refractivity contribution is 0.983.